The third-order valence-electron chi connectivity index (χ3n) is 2.63. The van der Waals surface area contributed by atoms with E-state index in [0.717, 1.165) is 19.4 Å². The maximum Gasteiger partial charge on any atom is 0.239 e. The molecule has 1 heterocycles. The van der Waals surface area contributed by atoms with E-state index in [1.54, 1.807) is 4.90 Å². The molecule has 13 heavy (non-hydrogen) atoms. The van der Waals surface area contributed by atoms with Gasteiger partial charge in [0, 0.05) is 19.6 Å². The molecule has 1 saturated heterocycles. The maximum atomic E-state index is 11.5. The predicted octanol–water partition coefficient (Wildman–Crippen LogP) is 0.995. The number of carbonyl (C=O) groups excluding carboxylic acids is 1. The Bertz CT molecular complexity index is 182. The van der Waals surface area contributed by atoms with Crippen LogP contribution in [0.2, 0.25) is 0 Å². The van der Waals surface area contributed by atoms with Gasteiger partial charge in [0.25, 0.3) is 0 Å². The molecule has 3 nitrogen and oxygen atoms in total. The van der Waals surface area contributed by atoms with Gasteiger partial charge in [0.05, 0.1) is 6.04 Å². The second-order valence-electron chi connectivity index (χ2n) is 3.96. The van der Waals surface area contributed by atoms with Gasteiger partial charge in [-0.1, -0.05) is 13.3 Å². The first kappa shape index (κ1) is 10.5. The zero-order valence-electron chi connectivity index (χ0n) is 8.84. The van der Waals surface area contributed by atoms with Gasteiger partial charge in [-0.3, -0.25) is 4.79 Å². The Hall–Kier alpha value is -0.570. The van der Waals surface area contributed by atoms with E-state index in [0.29, 0.717) is 6.04 Å². The van der Waals surface area contributed by atoms with Crippen LogP contribution in [0, 0.1) is 0 Å². The van der Waals surface area contributed by atoms with E-state index in [1.807, 2.05) is 7.05 Å². The normalized spacial score (nSPS) is 25.3. The summed E-state index contributed by atoms with van der Waals surface area (Å²) in [5, 5.41) is 3.37. The standard InChI is InChI=1S/C10H20N2O/c1-4-5-8(2)11-9-6-7-12(3)10(9)13/h8-9,11H,4-7H2,1-3H3. The van der Waals surface area contributed by atoms with Crippen molar-refractivity contribution >= 4 is 5.91 Å². The molecule has 1 fully saturated rings. The Morgan fingerprint density at radius 1 is 1.69 bits per heavy atom. The Kier molecular flexibility index (Phi) is 3.72. The van der Waals surface area contributed by atoms with Crippen LogP contribution in [0.1, 0.15) is 33.1 Å². The average molecular weight is 184 g/mol. The van der Waals surface area contributed by atoms with Crippen LogP contribution in [0.3, 0.4) is 0 Å². The van der Waals surface area contributed by atoms with Crippen molar-refractivity contribution in [3.63, 3.8) is 0 Å². The van der Waals surface area contributed by atoms with Gasteiger partial charge in [-0.05, 0) is 19.8 Å². The van der Waals surface area contributed by atoms with Gasteiger partial charge in [0.15, 0.2) is 0 Å². The van der Waals surface area contributed by atoms with Crippen LogP contribution in [0.5, 0.6) is 0 Å². The summed E-state index contributed by atoms with van der Waals surface area (Å²) >= 11 is 0. The molecule has 0 aromatic heterocycles. The summed E-state index contributed by atoms with van der Waals surface area (Å²) in [5.41, 5.74) is 0. The number of rotatable bonds is 4. The van der Waals surface area contributed by atoms with Gasteiger partial charge in [-0.2, -0.15) is 0 Å². The Morgan fingerprint density at radius 3 is 2.85 bits per heavy atom. The van der Waals surface area contributed by atoms with E-state index < -0.39 is 0 Å². The monoisotopic (exact) mass is 184 g/mol. The molecule has 2 atom stereocenters. The van der Waals surface area contributed by atoms with Crippen LogP contribution in [0.25, 0.3) is 0 Å². The number of likely N-dealkylation sites (tertiary alicyclic amines) is 1. The molecule has 0 saturated carbocycles. The van der Waals surface area contributed by atoms with Crippen molar-refractivity contribution in [3.8, 4) is 0 Å². The molecule has 0 bridgehead atoms. The van der Waals surface area contributed by atoms with E-state index >= 15 is 0 Å². The van der Waals surface area contributed by atoms with Crippen LogP contribution in [-0.4, -0.2) is 36.5 Å². The molecule has 1 rings (SSSR count). The second-order valence-corrected chi connectivity index (χ2v) is 3.96. The van der Waals surface area contributed by atoms with E-state index in [4.69, 9.17) is 0 Å². The molecule has 0 aliphatic carbocycles. The fourth-order valence-corrected chi connectivity index (χ4v) is 1.84. The fourth-order valence-electron chi connectivity index (χ4n) is 1.84. The molecule has 1 aliphatic rings. The van der Waals surface area contributed by atoms with Crippen molar-refractivity contribution < 1.29 is 4.79 Å². The zero-order valence-corrected chi connectivity index (χ0v) is 8.84. The van der Waals surface area contributed by atoms with Crippen molar-refractivity contribution in [2.45, 2.75) is 45.2 Å². The van der Waals surface area contributed by atoms with Gasteiger partial charge in [0.1, 0.15) is 0 Å². The molecule has 0 aromatic carbocycles. The largest absolute Gasteiger partial charge is 0.344 e. The number of carbonyl (C=O) groups is 1. The maximum absolute atomic E-state index is 11.5. The third kappa shape index (κ3) is 2.69. The Labute approximate surface area is 80.5 Å². The first-order valence-corrected chi connectivity index (χ1v) is 5.16. The molecule has 3 heteroatoms. The number of nitrogens with one attached hydrogen (secondary N) is 1. The van der Waals surface area contributed by atoms with Crippen LogP contribution in [0.4, 0.5) is 0 Å². The highest BCUT2D eigenvalue weighted by atomic mass is 16.2. The molecule has 1 N–H and O–H groups in total. The summed E-state index contributed by atoms with van der Waals surface area (Å²) in [6, 6.07) is 0.539. The lowest BCUT2D eigenvalue weighted by Crippen LogP contribution is -2.41. The summed E-state index contributed by atoms with van der Waals surface area (Å²) in [4.78, 5) is 13.3. The van der Waals surface area contributed by atoms with Crippen molar-refractivity contribution in [1.82, 2.24) is 10.2 Å². The van der Waals surface area contributed by atoms with Crippen LogP contribution in [0.15, 0.2) is 0 Å². The summed E-state index contributed by atoms with van der Waals surface area (Å²) in [7, 11) is 1.87. The topological polar surface area (TPSA) is 32.3 Å². The smallest absolute Gasteiger partial charge is 0.239 e. The molecule has 0 radical (unpaired) electrons. The van der Waals surface area contributed by atoms with E-state index in [-0.39, 0.29) is 11.9 Å². The van der Waals surface area contributed by atoms with Crippen LogP contribution >= 0.6 is 0 Å². The van der Waals surface area contributed by atoms with Crippen LogP contribution < -0.4 is 5.32 Å². The molecule has 0 spiro atoms. The van der Waals surface area contributed by atoms with Gasteiger partial charge in [-0.25, -0.2) is 0 Å². The van der Waals surface area contributed by atoms with E-state index in [2.05, 4.69) is 19.2 Å². The quantitative estimate of drug-likeness (QED) is 0.707. The number of likely N-dealkylation sites (N-methyl/N-ethyl adjacent to an activating group) is 1. The molecule has 1 aliphatic heterocycles. The van der Waals surface area contributed by atoms with Gasteiger partial charge >= 0.3 is 0 Å². The van der Waals surface area contributed by atoms with Crippen molar-refractivity contribution in [3.05, 3.63) is 0 Å². The lowest BCUT2D eigenvalue weighted by atomic mass is 10.1. The molecule has 76 valence electrons. The van der Waals surface area contributed by atoms with Crippen molar-refractivity contribution in [2.24, 2.45) is 0 Å². The van der Waals surface area contributed by atoms with E-state index in [9.17, 15) is 4.79 Å². The molecule has 2 unspecified atom stereocenters. The Balaban J connectivity index is 2.33. The van der Waals surface area contributed by atoms with Gasteiger partial charge in [-0.15, -0.1) is 0 Å². The zero-order chi connectivity index (χ0) is 9.84. The second kappa shape index (κ2) is 4.61. The van der Waals surface area contributed by atoms with Gasteiger partial charge in [0.2, 0.25) is 5.91 Å². The SMILES string of the molecule is CCCC(C)NC1CCN(C)C1=O. The summed E-state index contributed by atoms with van der Waals surface area (Å²) in [6.07, 6.45) is 3.28. The summed E-state index contributed by atoms with van der Waals surface area (Å²) in [5.74, 6) is 0.253. The van der Waals surface area contributed by atoms with Crippen LogP contribution in [-0.2, 0) is 4.79 Å². The average Bonchev–Trinajstić information content (AvgIpc) is 2.37. The molecule has 1 amide bonds. The lowest BCUT2D eigenvalue weighted by Gasteiger charge is -2.17. The first-order chi connectivity index (χ1) is 6.15. The molecular weight excluding hydrogens is 164 g/mol. The minimum Gasteiger partial charge on any atom is -0.344 e. The summed E-state index contributed by atoms with van der Waals surface area (Å²) in [6.45, 7) is 5.21. The Morgan fingerprint density at radius 2 is 2.38 bits per heavy atom. The highest BCUT2D eigenvalue weighted by Crippen LogP contribution is 2.10. The van der Waals surface area contributed by atoms with E-state index in [1.165, 1.54) is 6.42 Å². The predicted molar refractivity (Wildman–Crippen MR) is 53.5 cm³/mol. The fraction of sp³-hybridized carbons (Fsp3) is 0.900. The lowest BCUT2D eigenvalue weighted by molar-refractivity contribution is -0.128. The highest BCUT2D eigenvalue weighted by molar-refractivity contribution is 5.83. The highest BCUT2D eigenvalue weighted by Gasteiger charge is 2.29. The number of nitrogens with zero attached hydrogens (tertiary/aromatic N) is 1. The number of hydrogen-bond acceptors (Lipinski definition) is 2. The third-order valence-corrected chi connectivity index (χ3v) is 2.63. The minimum atomic E-state index is 0.0755. The minimum absolute atomic E-state index is 0.0755. The molecule has 0 aromatic rings. The van der Waals surface area contributed by atoms with Gasteiger partial charge < -0.3 is 10.2 Å². The summed E-state index contributed by atoms with van der Waals surface area (Å²) < 4.78 is 0. The first-order valence-electron chi connectivity index (χ1n) is 5.16. The van der Waals surface area contributed by atoms with Crippen molar-refractivity contribution in [2.75, 3.05) is 13.6 Å². The molecular formula is C10H20N2O. The number of amides is 1. The van der Waals surface area contributed by atoms with Crippen molar-refractivity contribution in [1.29, 1.82) is 0 Å². The number of hydrogen-bond donors (Lipinski definition) is 1.